The molecule has 0 radical (unpaired) electrons. The molecule has 0 aromatic carbocycles. The fourth-order valence-electron chi connectivity index (χ4n) is 0.950. The van der Waals surface area contributed by atoms with Crippen LogP contribution in [0, 0.1) is 0 Å². The van der Waals surface area contributed by atoms with E-state index in [1.807, 2.05) is 14.0 Å². The van der Waals surface area contributed by atoms with Crippen molar-refractivity contribution in [1.29, 1.82) is 0 Å². The Bertz CT molecular complexity index is 89.6. The molecule has 0 bridgehead atoms. The van der Waals surface area contributed by atoms with Crippen molar-refractivity contribution in [1.82, 2.24) is 5.32 Å². The smallest absolute Gasteiger partial charge is 0.0681 e. The molecule has 0 heterocycles. The predicted octanol–water partition coefficient (Wildman–Crippen LogP) is 0.0417. The molecular weight excluding hydrogens is 128 g/mol. The van der Waals surface area contributed by atoms with Crippen molar-refractivity contribution < 1.29 is 5.11 Å². The monoisotopic (exact) mass is 146 g/mol. The van der Waals surface area contributed by atoms with Crippen LogP contribution in [0.25, 0.3) is 0 Å². The second-order valence-corrected chi connectivity index (χ2v) is 2.81. The van der Waals surface area contributed by atoms with Crippen molar-refractivity contribution in [3.8, 4) is 0 Å². The van der Waals surface area contributed by atoms with E-state index in [4.69, 9.17) is 10.8 Å². The molecule has 62 valence electrons. The molecule has 0 fully saturated rings. The maximum Gasteiger partial charge on any atom is 0.0681 e. The fraction of sp³-hybridized carbons (Fsp3) is 1.00. The second-order valence-electron chi connectivity index (χ2n) is 2.81. The zero-order valence-electron chi connectivity index (χ0n) is 7.02. The highest BCUT2D eigenvalue weighted by molar-refractivity contribution is 4.79. The van der Waals surface area contributed by atoms with Gasteiger partial charge < -0.3 is 16.2 Å². The largest absolute Gasteiger partial charge is 0.393 e. The van der Waals surface area contributed by atoms with Crippen LogP contribution in [0.5, 0.6) is 0 Å². The number of rotatable bonds is 4. The minimum atomic E-state index is -0.395. The molecule has 0 aromatic heterocycles. The van der Waals surface area contributed by atoms with Gasteiger partial charge in [-0.05, 0) is 20.4 Å². The molecule has 0 rings (SSSR count). The van der Waals surface area contributed by atoms with E-state index >= 15 is 0 Å². The number of aliphatic hydroxyl groups excluding tert-OH is 1. The lowest BCUT2D eigenvalue weighted by molar-refractivity contribution is 0.135. The molecule has 0 aromatic rings. The van der Waals surface area contributed by atoms with Gasteiger partial charge in [-0.15, -0.1) is 0 Å². The minimum Gasteiger partial charge on any atom is -0.393 e. The molecule has 0 saturated heterocycles. The number of aliphatic hydroxyl groups is 1. The highest BCUT2D eigenvalue weighted by Crippen LogP contribution is 2.09. The lowest BCUT2D eigenvalue weighted by atomic mass is 10.0. The van der Waals surface area contributed by atoms with Gasteiger partial charge in [0.1, 0.15) is 0 Å². The Morgan fingerprint density at radius 2 is 2.20 bits per heavy atom. The SMILES string of the molecule is CCC(N)(CC(C)O)NC. The summed E-state index contributed by atoms with van der Waals surface area (Å²) in [6, 6.07) is 0. The van der Waals surface area contributed by atoms with Gasteiger partial charge in [0, 0.05) is 6.42 Å². The summed E-state index contributed by atoms with van der Waals surface area (Å²) in [5, 5.41) is 12.0. The van der Waals surface area contributed by atoms with Crippen LogP contribution in [0.2, 0.25) is 0 Å². The molecule has 4 N–H and O–H groups in total. The normalized spacial score (nSPS) is 20.1. The van der Waals surface area contributed by atoms with Gasteiger partial charge in [0.05, 0.1) is 11.8 Å². The third-order valence-corrected chi connectivity index (χ3v) is 1.79. The molecule has 0 aliphatic heterocycles. The van der Waals surface area contributed by atoms with E-state index in [9.17, 15) is 0 Å². The summed E-state index contributed by atoms with van der Waals surface area (Å²) in [7, 11) is 1.81. The average Bonchev–Trinajstić information content (AvgIpc) is 1.87. The summed E-state index contributed by atoms with van der Waals surface area (Å²) < 4.78 is 0. The highest BCUT2D eigenvalue weighted by Gasteiger charge is 2.21. The van der Waals surface area contributed by atoms with Crippen LogP contribution in [-0.4, -0.2) is 23.9 Å². The second kappa shape index (κ2) is 3.91. The van der Waals surface area contributed by atoms with E-state index in [2.05, 4.69) is 5.32 Å². The quantitative estimate of drug-likeness (QED) is 0.491. The van der Waals surface area contributed by atoms with Crippen LogP contribution in [-0.2, 0) is 0 Å². The van der Waals surface area contributed by atoms with Crippen LogP contribution < -0.4 is 11.1 Å². The van der Waals surface area contributed by atoms with Gasteiger partial charge >= 0.3 is 0 Å². The van der Waals surface area contributed by atoms with Crippen molar-refractivity contribution in [3.63, 3.8) is 0 Å². The molecule has 3 heteroatoms. The van der Waals surface area contributed by atoms with E-state index in [1.54, 1.807) is 6.92 Å². The van der Waals surface area contributed by atoms with Crippen LogP contribution in [0.3, 0.4) is 0 Å². The van der Waals surface area contributed by atoms with Gasteiger partial charge in [0.15, 0.2) is 0 Å². The molecular formula is C7H18N2O. The van der Waals surface area contributed by atoms with Gasteiger partial charge in [0.25, 0.3) is 0 Å². The van der Waals surface area contributed by atoms with Crippen molar-refractivity contribution in [2.45, 2.75) is 38.5 Å². The Kier molecular flexibility index (Phi) is 3.86. The van der Waals surface area contributed by atoms with Gasteiger partial charge in [-0.25, -0.2) is 0 Å². The van der Waals surface area contributed by atoms with E-state index < -0.39 is 5.66 Å². The maximum atomic E-state index is 9.03. The number of nitrogens with two attached hydrogens (primary N) is 1. The summed E-state index contributed by atoms with van der Waals surface area (Å²) in [5.74, 6) is 0. The van der Waals surface area contributed by atoms with Gasteiger partial charge in [-0.1, -0.05) is 6.92 Å². The summed E-state index contributed by atoms with van der Waals surface area (Å²) >= 11 is 0. The van der Waals surface area contributed by atoms with Crippen molar-refractivity contribution >= 4 is 0 Å². The van der Waals surface area contributed by atoms with Crippen molar-refractivity contribution in [2.24, 2.45) is 5.73 Å². The molecule has 2 atom stereocenters. The lowest BCUT2D eigenvalue weighted by Gasteiger charge is -2.28. The summed E-state index contributed by atoms with van der Waals surface area (Å²) in [6.45, 7) is 3.74. The summed E-state index contributed by atoms with van der Waals surface area (Å²) in [5.41, 5.74) is 5.43. The predicted molar refractivity (Wildman–Crippen MR) is 42.6 cm³/mol. The molecule has 2 unspecified atom stereocenters. The standard InChI is InChI=1S/C7H18N2O/c1-4-7(8,9-3)5-6(2)10/h6,9-10H,4-5,8H2,1-3H3. The van der Waals surface area contributed by atoms with E-state index in [0.717, 1.165) is 6.42 Å². The molecule has 3 nitrogen and oxygen atoms in total. The summed E-state index contributed by atoms with van der Waals surface area (Å²) in [6.07, 6.45) is 1.09. The Morgan fingerprint density at radius 3 is 2.30 bits per heavy atom. The van der Waals surface area contributed by atoms with Gasteiger partial charge in [-0.3, -0.25) is 0 Å². The van der Waals surface area contributed by atoms with Gasteiger partial charge in [-0.2, -0.15) is 0 Å². The van der Waals surface area contributed by atoms with E-state index in [-0.39, 0.29) is 6.10 Å². The number of hydrogen-bond donors (Lipinski definition) is 3. The zero-order chi connectivity index (χ0) is 8.20. The first kappa shape index (κ1) is 9.88. The fourth-order valence-corrected chi connectivity index (χ4v) is 0.950. The first-order chi connectivity index (χ1) is 4.54. The molecule has 0 amide bonds. The molecule has 0 spiro atoms. The molecule has 10 heavy (non-hydrogen) atoms. The topological polar surface area (TPSA) is 58.3 Å². The van der Waals surface area contributed by atoms with Crippen LogP contribution >= 0.6 is 0 Å². The average molecular weight is 146 g/mol. The number of hydrogen-bond acceptors (Lipinski definition) is 3. The van der Waals surface area contributed by atoms with Crippen LogP contribution in [0.4, 0.5) is 0 Å². The van der Waals surface area contributed by atoms with Gasteiger partial charge in [0.2, 0.25) is 0 Å². The van der Waals surface area contributed by atoms with Crippen LogP contribution in [0.15, 0.2) is 0 Å². The summed E-state index contributed by atoms with van der Waals surface area (Å²) in [4.78, 5) is 0. The van der Waals surface area contributed by atoms with E-state index in [0.29, 0.717) is 6.42 Å². The lowest BCUT2D eigenvalue weighted by Crippen LogP contribution is -2.52. The Labute approximate surface area is 62.6 Å². The number of nitrogens with one attached hydrogen (secondary N) is 1. The third-order valence-electron chi connectivity index (χ3n) is 1.79. The molecule has 0 saturated carbocycles. The molecule has 0 aliphatic carbocycles. The Hall–Kier alpha value is -0.120. The first-order valence-corrected chi connectivity index (χ1v) is 3.70. The van der Waals surface area contributed by atoms with Crippen molar-refractivity contribution in [2.75, 3.05) is 7.05 Å². The molecule has 0 aliphatic rings. The first-order valence-electron chi connectivity index (χ1n) is 3.70. The maximum absolute atomic E-state index is 9.03. The zero-order valence-corrected chi connectivity index (χ0v) is 7.02. The Morgan fingerprint density at radius 1 is 1.70 bits per heavy atom. The van der Waals surface area contributed by atoms with E-state index in [1.165, 1.54) is 0 Å². The Balaban J connectivity index is 3.80. The highest BCUT2D eigenvalue weighted by atomic mass is 16.3. The third kappa shape index (κ3) is 3.15. The van der Waals surface area contributed by atoms with Crippen molar-refractivity contribution in [3.05, 3.63) is 0 Å². The van der Waals surface area contributed by atoms with Crippen LogP contribution in [0.1, 0.15) is 26.7 Å². The minimum absolute atomic E-state index is 0.336.